The van der Waals surface area contributed by atoms with Crippen molar-refractivity contribution in [3.63, 3.8) is 0 Å². The molecule has 0 saturated heterocycles. The first-order valence-electron chi connectivity index (χ1n) is 21.9. The molecule has 0 bridgehead atoms. The molecule has 294 valence electrons. The lowest BCUT2D eigenvalue weighted by Crippen LogP contribution is -2.33. The summed E-state index contributed by atoms with van der Waals surface area (Å²) in [6.45, 7) is 0. The molecule has 0 fully saturated rings. The van der Waals surface area contributed by atoms with E-state index >= 15 is 0 Å². The predicted octanol–water partition coefficient (Wildman–Crippen LogP) is 15.9. The summed E-state index contributed by atoms with van der Waals surface area (Å²) in [6, 6.07) is 89.7. The van der Waals surface area contributed by atoms with Crippen molar-refractivity contribution in [1.82, 2.24) is 4.57 Å². The van der Waals surface area contributed by atoms with Crippen LogP contribution in [-0.2, 0) is 5.41 Å². The van der Waals surface area contributed by atoms with Gasteiger partial charge in [0.05, 0.1) is 33.5 Å². The Balaban J connectivity index is 1.17. The number of aromatic nitrogens is 1. The van der Waals surface area contributed by atoms with Gasteiger partial charge >= 0.3 is 0 Å². The van der Waals surface area contributed by atoms with E-state index in [0.717, 1.165) is 28.2 Å². The predicted molar refractivity (Wildman–Crippen MR) is 263 cm³/mol. The maximum atomic E-state index is 2.54. The minimum Gasteiger partial charge on any atom is -0.309 e. The van der Waals surface area contributed by atoms with Crippen LogP contribution in [0.25, 0.3) is 72.0 Å². The van der Waals surface area contributed by atoms with Gasteiger partial charge in [-0.25, -0.2) is 0 Å². The lowest BCUT2D eigenvalue weighted by Gasteiger charge is -2.40. The smallest absolute Gasteiger partial charge is 0.0755 e. The standard InChI is InChI=1S/C61H40N2/c1-3-20-41(21-4-1)43-24-19-25-44(38-43)47-27-10-16-35-57(47)62(56-34-15-9-26-46(56)42-22-5-2-6-23-42)45-39-51-50-30-11-17-36-58(50)63-59-37-18-14-33-54(59)61(55(40-45)60(51)63)52-31-12-7-28-48(52)49-29-8-13-32-53(49)61/h1-40H. The molecule has 10 aromatic carbocycles. The summed E-state index contributed by atoms with van der Waals surface area (Å²) in [4.78, 5) is 2.54. The zero-order chi connectivity index (χ0) is 41.5. The van der Waals surface area contributed by atoms with Gasteiger partial charge in [-0.2, -0.15) is 0 Å². The minimum absolute atomic E-state index is 0.573. The summed E-state index contributed by atoms with van der Waals surface area (Å²) in [6.07, 6.45) is 0. The van der Waals surface area contributed by atoms with E-state index in [1.54, 1.807) is 0 Å². The van der Waals surface area contributed by atoms with Gasteiger partial charge in [0.15, 0.2) is 0 Å². The van der Waals surface area contributed by atoms with Crippen LogP contribution in [-0.4, -0.2) is 4.57 Å². The van der Waals surface area contributed by atoms with Crippen LogP contribution in [0.15, 0.2) is 243 Å². The summed E-state index contributed by atoms with van der Waals surface area (Å²) in [5.41, 5.74) is 21.3. The summed E-state index contributed by atoms with van der Waals surface area (Å²) in [5.74, 6) is 0. The van der Waals surface area contributed by atoms with Crippen LogP contribution >= 0.6 is 0 Å². The monoisotopic (exact) mass is 800 g/mol. The fourth-order valence-corrected chi connectivity index (χ4v) is 11.0. The van der Waals surface area contributed by atoms with Crippen LogP contribution in [0.5, 0.6) is 0 Å². The van der Waals surface area contributed by atoms with Gasteiger partial charge < -0.3 is 9.47 Å². The minimum atomic E-state index is -0.573. The van der Waals surface area contributed by atoms with Crippen LogP contribution in [0.1, 0.15) is 22.3 Å². The fourth-order valence-electron chi connectivity index (χ4n) is 11.0. The summed E-state index contributed by atoms with van der Waals surface area (Å²) >= 11 is 0. The average Bonchev–Trinajstić information content (AvgIpc) is 3.85. The van der Waals surface area contributed by atoms with Gasteiger partial charge in [0.2, 0.25) is 0 Å². The zero-order valence-corrected chi connectivity index (χ0v) is 34.5. The third kappa shape index (κ3) is 5.13. The summed E-state index contributed by atoms with van der Waals surface area (Å²) in [7, 11) is 0. The van der Waals surface area contributed by atoms with Gasteiger partial charge in [-0.3, -0.25) is 0 Å². The molecule has 2 heteroatoms. The second-order valence-electron chi connectivity index (χ2n) is 16.8. The number of rotatable bonds is 6. The van der Waals surface area contributed by atoms with E-state index in [-0.39, 0.29) is 0 Å². The van der Waals surface area contributed by atoms with Gasteiger partial charge in [-0.15, -0.1) is 0 Å². The van der Waals surface area contributed by atoms with Crippen LogP contribution < -0.4 is 4.90 Å². The third-order valence-electron chi connectivity index (χ3n) is 13.6. The molecule has 0 N–H and O–H groups in total. The van der Waals surface area contributed by atoms with Crippen molar-refractivity contribution in [2.75, 3.05) is 4.90 Å². The van der Waals surface area contributed by atoms with E-state index in [1.807, 2.05) is 0 Å². The highest BCUT2D eigenvalue weighted by atomic mass is 15.1. The Morgan fingerprint density at radius 1 is 0.317 bits per heavy atom. The van der Waals surface area contributed by atoms with Gasteiger partial charge in [0.25, 0.3) is 0 Å². The molecule has 2 aliphatic rings. The number of hydrogen-bond donors (Lipinski definition) is 0. The molecule has 1 aliphatic carbocycles. The van der Waals surface area contributed by atoms with Crippen molar-refractivity contribution in [2.24, 2.45) is 0 Å². The largest absolute Gasteiger partial charge is 0.309 e. The molecule has 2 nitrogen and oxygen atoms in total. The van der Waals surface area contributed by atoms with E-state index in [9.17, 15) is 0 Å². The van der Waals surface area contributed by atoms with Crippen molar-refractivity contribution in [3.05, 3.63) is 265 Å². The Hall–Kier alpha value is -8.20. The number of para-hydroxylation sites is 4. The second-order valence-corrected chi connectivity index (χ2v) is 16.8. The van der Waals surface area contributed by atoms with Gasteiger partial charge in [0.1, 0.15) is 0 Å². The van der Waals surface area contributed by atoms with E-state index < -0.39 is 5.41 Å². The Morgan fingerprint density at radius 3 is 1.52 bits per heavy atom. The van der Waals surface area contributed by atoms with E-state index in [1.165, 1.54) is 83.1 Å². The van der Waals surface area contributed by atoms with Crippen LogP contribution in [0.4, 0.5) is 17.1 Å². The van der Waals surface area contributed by atoms with Crippen molar-refractivity contribution in [1.29, 1.82) is 0 Å². The Bertz CT molecular complexity index is 3530. The lowest BCUT2D eigenvalue weighted by atomic mass is 9.65. The molecule has 1 aromatic heterocycles. The van der Waals surface area contributed by atoms with Crippen molar-refractivity contribution >= 4 is 38.9 Å². The Morgan fingerprint density at radius 2 is 0.825 bits per heavy atom. The number of anilines is 3. The van der Waals surface area contributed by atoms with E-state index in [2.05, 4.69) is 252 Å². The molecule has 11 aromatic rings. The molecule has 13 rings (SSSR count). The lowest BCUT2D eigenvalue weighted by molar-refractivity contribution is 0.748. The molecular formula is C61H40N2. The summed E-state index contributed by atoms with van der Waals surface area (Å²) < 4.78 is 2.54. The van der Waals surface area contributed by atoms with E-state index in [4.69, 9.17) is 0 Å². The highest BCUT2D eigenvalue weighted by Crippen LogP contribution is 2.62. The SMILES string of the molecule is c1ccc(-c2cccc(-c3ccccc3N(c3cc4c5c(c3)c3ccccc3n5-c3ccccc3C43c4ccccc4-c4ccccc43)c3ccccc3-c3ccccc3)c2)cc1. The molecule has 0 amide bonds. The summed E-state index contributed by atoms with van der Waals surface area (Å²) in [5, 5.41) is 2.47. The molecular weight excluding hydrogens is 761 g/mol. The van der Waals surface area contributed by atoms with Gasteiger partial charge in [-0.1, -0.05) is 200 Å². The molecule has 0 atom stereocenters. The second kappa shape index (κ2) is 13.9. The molecule has 2 heterocycles. The van der Waals surface area contributed by atoms with Crippen molar-refractivity contribution < 1.29 is 0 Å². The molecule has 1 spiro atoms. The van der Waals surface area contributed by atoms with Crippen molar-refractivity contribution in [2.45, 2.75) is 5.41 Å². The third-order valence-corrected chi connectivity index (χ3v) is 13.6. The molecule has 0 saturated carbocycles. The van der Waals surface area contributed by atoms with Crippen molar-refractivity contribution in [3.8, 4) is 50.2 Å². The first-order valence-corrected chi connectivity index (χ1v) is 21.9. The number of fused-ring (bicyclic) bond motifs is 12. The van der Waals surface area contributed by atoms with Gasteiger partial charge in [-0.05, 0) is 98.1 Å². The first kappa shape index (κ1) is 35.5. The Kier molecular flexibility index (Phi) is 7.85. The van der Waals surface area contributed by atoms with Crippen LogP contribution in [0.2, 0.25) is 0 Å². The zero-order valence-electron chi connectivity index (χ0n) is 34.5. The molecule has 0 radical (unpaired) electrons. The van der Waals surface area contributed by atoms with Gasteiger partial charge in [0, 0.05) is 27.6 Å². The Labute approximate surface area is 367 Å². The van der Waals surface area contributed by atoms with Crippen LogP contribution in [0.3, 0.4) is 0 Å². The quantitative estimate of drug-likeness (QED) is 0.163. The normalized spacial score (nSPS) is 12.9. The first-order chi connectivity index (χ1) is 31.3. The molecule has 0 unspecified atom stereocenters. The fraction of sp³-hybridized carbons (Fsp3) is 0.0164. The highest BCUT2D eigenvalue weighted by Gasteiger charge is 2.51. The highest BCUT2D eigenvalue weighted by molar-refractivity contribution is 6.14. The maximum Gasteiger partial charge on any atom is 0.0755 e. The van der Waals surface area contributed by atoms with Crippen LogP contribution in [0, 0.1) is 0 Å². The molecule has 63 heavy (non-hydrogen) atoms. The number of hydrogen-bond acceptors (Lipinski definition) is 1. The number of nitrogens with zero attached hydrogens (tertiary/aromatic N) is 2. The number of benzene rings is 10. The maximum absolute atomic E-state index is 2.54. The topological polar surface area (TPSA) is 8.17 Å². The van der Waals surface area contributed by atoms with E-state index in [0.29, 0.717) is 0 Å². The molecule has 1 aliphatic heterocycles. The average molecular weight is 801 g/mol.